The van der Waals surface area contributed by atoms with E-state index in [1.54, 1.807) is 44.1 Å². The molecule has 3 N–H and O–H groups in total. The van der Waals surface area contributed by atoms with Crippen molar-refractivity contribution in [1.29, 1.82) is 0 Å². The van der Waals surface area contributed by atoms with Gasteiger partial charge in [-0.15, -0.1) is 11.8 Å². The first-order chi connectivity index (χ1) is 16.0. The third-order valence-electron chi connectivity index (χ3n) is 6.99. The van der Waals surface area contributed by atoms with Crippen molar-refractivity contribution in [3.05, 3.63) is 40.4 Å². The second kappa shape index (κ2) is 9.24. The summed E-state index contributed by atoms with van der Waals surface area (Å²) in [6, 6.07) is 6.21. The predicted molar refractivity (Wildman–Crippen MR) is 127 cm³/mol. The zero-order valence-electron chi connectivity index (χ0n) is 19.7. The van der Waals surface area contributed by atoms with Gasteiger partial charge in [-0.3, -0.25) is 14.5 Å². The van der Waals surface area contributed by atoms with E-state index in [1.807, 2.05) is 13.0 Å². The molecule has 0 radical (unpaired) electrons. The Labute approximate surface area is 203 Å². The highest BCUT2D eigenvalue weighted by Gasteiger charge is 2.60. The summed E-state index contributed by atoms with van der Waals surface area (Å²) >= 11 is 1.43. The van der Waals surface area contributed by atoms with Crippen molar-refractivity contribution < 1.29 is 29.7 Å². The van der Waals surface area contributed by atoms with Gasteiger partial charge in [0.25, 0.3) is 0 Å². The molecule has 9 nitrogen and oxygen atoms in total. The van der Waals surface area contributed by atoms with Gasteiger partial charge in [-0.25, -0.2) is 4.79 Å². The molecule has 6 atom stereocenters. The Morgan fingerprint density at radius 2 is 2.00 bits per heavy atom. The number of benzene rings is 1. The number of amides is 2. The lowest BCUT2D eigenvalue weighted by atomic mass is 9.79. The third kappa shape index (κ3) is 4.18. The van der Waals surface area contributed by atoms with Crippen molar-refractivity contribution in [3.8, 4) is 5.75 Å². The van der Waals surface area contributed by atoms with Gasteiger partial charge in [0.2, 0.25) is 11.8 Å². The van der Waals surface area contributed by atoms with Crippen LogP contribution in [0.15, 0.2) is 34.9 Å². The van der Waals surface area contributed by atoms with Crippen LogP contribution in [0.25, 0.3) is 0 Å². The fraction of sp³-hybridized carbons (Fsp3) is 0.542. The van der Waals surface area contributed by atoms with Crippen LogP contribution in [0, 0.1) is 11.8 Å². The summed E-state index contributed by atoms with van der Waals surface area (Å²) in [6.07, 6.45) is -0.302. The summed E-state index contributed by atoms with van der Waals surface area (Å²) in [7, 11) is 3.43. The topological polar surface area (TPSA) is 122 Å². The van der Waals surface area contributed by atoms with E-state index in [0.29, 0.717) is 24.4 Å². The number of carboxylic acids is 1. The zero-order valence-corrected chi connectivity index (χ0v) is 20.5. The molecule has 0 spiro atoms. The number of aliphatic hydroxyl groups is 1. The highest BCUT2D eigenvalue weighted by atomic mass is 32.2. The van der Waals surface area contributed by atoms with E-state index in [0.717, 1.165) is 5.56 Å². The monoisotopic (exact) mass is 489 g/mol. The van der Waals surface area contributed by atoms with Gasteiger partial charge in [-0.05, 0) is 31.0 Å². The molecule has 2 saturated heterocycles. The minimum Gasteiger partial charge on any atom is -0.508 e. The largest absolute Gasteiger partial charge is 0.508 e. The van der Waals surface area contributed by atoms with Crippen LogP contribution in [0.5, 0.6) is 5.75 Å². The van der Waals surface area contributed by atoms with Crippen molar-refractivity contribution >= 4 is 29.5 Å². The third-order valence-corrected chi connectivity index (χ3v) is 8.49. The number of hydrogen-bond acceptors (Lipinski definition) is 7. The number of nitrogens with zero attached hydrogens (tertiary/aromatic N) is 3. The van der Waals surface area contributed by atoms with Crippen molar-refractivity contribution in [2.45, 2.75) is 50.3 Å². The van der Waals surface area contributed by atoms with E-state index in [-0.39, 0.29) is 46.5 Å². The van der Waals surface area contributed by atoms with Gasteiger partial charge in [-0.2, -0.15) is 0 Å². The van der Waals surface area contributed by atoms with Crippen LogP contribution in [0.2, 0.25) is 0 Å². The molecule has 2 unspecified atom stereocenters. The Balaban J connectivity index is 1.58. The summed E-state index contributed by atoms with van der Waals surface area (Å²) in [4.78, 5) is 43.3. The number of hydrogen-bond donors (Lipinski definition) is 3. The molecule has 0 bridgehead atoms. The molecule has 1 aromatic rings. The quantitative estimate of drug-likeness (QED) is 0.490. The molecule has 10 heteroatoms. The van der Waals surface area contributed by atoms with E-state index in [9.17, 15) is 29.7 Å². The van der Waals surface area contributed by atoms with Crippen LogP contribution in [-0.4, -0.2) is 91.9 Å². The van der Waals surface area contributed by atoms with E-state index >= 15 is 0 Å². The van der Waals surface area contributed by atoms with E-state index < -0.39 is 18.0 Å². The number of likely N-dealkylation sites (tertiary alicyclic amines) is 1. The average Bonchev–Trinajstić information content (AvgIpc) is 3.24. The highest BCUT2D eigenvalue weighted by Crippen LogP contribution is 2.52. The molecule has 0 aromatic heterocycles. The maximum atomic E-state index is 12.9. The van der Waals surface area contributed by atoms with Gasteiger partial charge >= 0.3 is 5.97 Å². The van der Waals surface area contributed by atoms with Gasteiger partial charge in [0.05, 0.1) is 24.1 Å². The van der Waals surface area contributed by atoms with Crippen LogP contribution in [0.3, 0.4) is 0 Å². The predicted octanol–water partition coefficient (Wildman–Crippen LogP) is 1.31. The van der Waals surface area contributed by atoms with Crippen LogP contribution in [0.1, 0.15) is 25.8 Å². The molecule has 3 aliphatic heterocycles. The highest BCUT2D eigenvalue weighted by molar-refractivity contribution is 8.03. The SMILES string of the molecule is CC1C(S[C@H]2C[C@@H](C(=O)N(C)C)N(Cc3cccc(O)c3)C2)=C(C(=O)O)N2C(=O)[C@H]([C@@H](C)O)C12. The lowest BCUT2D eigenvalue weighted by Crippen LogP contribution is -2.63. The second-order valence-electron chi connectivity index (χ2n) is 9.60. The Bertz CT molecular complexity index is 1040. The summed E-state index contributed by atoms with van der Waals surface area (Å²) in [5.74, 6) is -2.17. The summed E-state index contributed by atoms with van der Waals surface area (Å²) in [5, 5.41) is 29.7. The number of rotatable bonds is 7. The molecular formula is C24H31N3O6S. The van der Waals surface area contributed by atoms with E-state index in [2.05, 4.69) is 4.90 Å². The number of likely N-dealkylation sites (N-methyl/N-ethyl adjacent to an activating group) is 1. The van der Waals surface area contributed by atoms with Gasteiger partial charge in [0.1, 0.15) is 11.4 Å². The lowest BCUT2D eigenvalue weighted by Gasteiger charge is -2.46. The fourth-order valence-electron chi connectivity index (χ4n) is 5.42. The Kier molecular flexibility index (Phi) is 6.67. The first-order valence-corrected chi connectivity index (χ1v) is 12.3. The van der Waals surface area contributed by atoms with Gasteiger partial charge in [0, 0.05) is 43.3 Å². The molecule has 3 aliphatic rings. The normalized spacial score (nSPS) is 29.7. The molecule has 4 rings (SSSR count). The summed E-state index contributed by atoms with van der Waals surface area (Å²) in [6.45, 7) is 4.51. The van der Waals surface area contributed by atoms with Crippen LogP contribution in [-0.2, 0) is 20.9 Å². The minimum absolute atomic E-state index is 0.00585. The summed E-state index contributed by atoms with van der Waals surface area (Å²) < 4.78 is 0. The number of carbonyl (C=O) groups is 3. The number of carboxylic acid groups (broad SMARTS) is 1. The van der Waals surface area contributed by atoms with E-state index in [1.165, 1.54) is 16.7 Å². The number of thioether (sulfide) groups is 1. The van der Waals surface area contributed by atoms with Gasteiger partial charge < -0.3 is 25.1 Å². The Hall–Kier alpha value is -2.56. The van der Waals surface area contributed by atoms with Crippen molar-refractivity contribution in [3.63, 3.8) is 0 Å². The van der Waals surface area contributed by atoms with Crippen LogP contribution >= 0.6 is 11.8 Å². The second-order valence-corrected chi connectivity index (χ2v) is 10.9. The minimum atomic E-state index is -1.15. The molecule has 0 aliphatic carbocycles. The van der Waals surface area contributed by atoms with Crippen LogP contribution < -0.4 is 0 Å². The van der Waals surface area contributed by atoms with Crippen molar-refractivity contribution in [2.75, 3.05) is 20.6 Å². The number of aliphatic carboxylic acids is 1. The molecule has 2 fully saturated rings. The number of β-lactam (4-membered cyclic amide) rings is 1. The number of aliphatic hydroxyl groups excluding tert-OH is 1. The molecule has 1 aromatic carbocycles. The first-order valence-electron chi connectivity index (χ1n) is 11.4. The smallest absolute Gasteiger partial charge is 0.353 e. The molecule has 2 amide bonds. The summed E-state index contributed by atoms with van der Waals surface area (Å²) in [5.41, 5.74) is 0.891. The number of phenolic OH excluding ortho intramolecular Hbond substituents is 1. The zero-order chi connectivity index (χ0) is 24.9. The molecule has 0 saturated carbocycles. The van der Waals surface area contributed by atoms with E-state index in [4.69, 9.17) is 0 Å². The van der Waals surface area contributed by atoms with Gasteiger partial charge in [0.15, 0.2) is 0 Å². The number of aromatic hydroxyl groups is 1. The fourth-order valence-corrected chi connectivity index (χ4v) is 6.98. The maximum Gasteiger partial charge on any atom is 0.353 e. The molecule has 184 valence electrons. The van der Waals surface area contributed by atoms with Gasteiger partial charge in [-0.1, -0.05) is 19.1 Å². The standard InChI is InChI=1S/C24H31N3O6S/c1-12-19-18(13(2)28)23(31)27(19)20(24(32)33)21(12)34-16-9-17(22(30)25(3)4)26(11-16)10-14-6-5-7-15(29)8-14/h5-8,12-13,16-19,28-29H,9-11H2,1-4H3,(H,32,33)/t12?,13-,16+,17+,18-,19?/m1/s1. The number of fused-ring (bicyclic) bond motifs is 1. The number of phenols is 1. The maximum absolute atomic E-state index is 12.9. The molecular weight excluding hydrogens is 458 g/mol. The molecule has 3 heterocycles. The number of carbonyl (C=O) groups excluding carboxylic acids is 2. The Morgan fingerprint density at radius 3 is 2.59 bits per heavy atom. The lowest BCUT2D eigenvalue weighted by molar-refractivity contribution is -0.163. The average molecular weight is 490 g/mol. The first kappa shape index (κ1) is 24.6. The Morgan fingerprint density at radius 1 is 1.29 bits per heavy atom. The molecule has 34 heavy (non-hydrogen) atoms. The van der Waals surface area contributed by atoms with Crippen LogP contribution in [0.4, 0.5) is 0 Å². The van der Waals surface area contributed by atoms with Crippen molar-refractivity contribution in [2.24, 2.45) is 11.8 Å². The van der Waals surface area contributed by atoms with Crippen molar-refractivity contribution in [1.82, 2.24) is 14.7 Å².